The van der Waals surface area contributed by atoms with Crippen LogP contribution in [-0.4, -0.2) is 35.9 Å². The molecule has 0 aliphatic rings. The van der Waals surface area contributed by atoms with Gasteiger partial charge in [0.25, 0.3) is 0 Å². The molecule has 1 aromatic heterocycles. The van der Waals surface area contributed by atoms with E-state index in [0.717, 1.165) is 28.8 Å². The first kappa shape index (κ1) is 18.5. The van der Waals surface area contributed by atoms with Crippen LogP contribution in [0.15, 0.2) is 45.9 Å². The molecule has 5 heteroatoms. The summed E-state index contributed by atoms with van der Waals surface area (Å²) < 4.78 is 6.83. The van der Waals surface area contributed by atoms with Crippen molar-refractivity contribution in [1.29, 1.82) is 0 Å². The number of aryl methyl sites for hydroxylation is 1. The van der Waals surface area contributed by atoms with Crippen LogP contribution in [0.2, 0.25) is 0 Å². The average molecular weight is 390 g/mol. The van der Waals surface area contributed by atoms with Crippen molar-refractivity contribution in [1.82, 2.24) is 9.88 Å². The molecule has 0 radical (unpaired) electrons. The number of rotatable bonds is 7. The zero-order valence-corrected chi connectivity index (χ0v) is 16.2. The van der Waals surface area contributed by atoms with E-state index >= 15 is 0 Å². The molecular weight excluding hydrogens is 366 g/mol. The smallest absolute Gasteiger partial charge is 0.228 e. The standard InChI is InChI=1S/C19H24BrN3O/c1-5-23(4)13-21-18-12-17(20)19(22-15(18)3)24-14(2)11-16-9-7-6-8-10-16/h6-10,12-14H,5,11H2,1-4H3/b21-13+/t14-/m1/s1. The molecular formula is C19H24BrN3O. The molecule has 0 N–H and O–H groups in total. The molecule has 2 rings (SSSR count). The minimum absolute atomic E-state index is 0.0381. The quantitative estimate of drug-likeness (QED) is 0.505. The second kappa shape index (κ2) is 8.83. The summed E-state index contributed by atoms with van der Waals surface area (Å²) >= 11 is 3.54. The van der Waals surface area contributed by atoms with Gasteiger partial charge in [0, 0.05) is 20.0 Å². The molecule has 0 saturated carbocycles. The first-order valence-corrected chi connectivity index (χ1v) is 8.91. The van der Waals surface area contributed by atoms with Crippen LogP contribution in [0.3, 0.4) is 0 Å². The van der Waals surface area contributed by atoms with Gasteiger partial charge in [0.2, 0.25) is 5.88 Å². The molecule has 0 fully saturated rings. The highest BCUT2D eigenvalue weighted by atomic mass is 79.9. The van der Waals surface area contributed by atoms with Gasteiger partial charge in [-0.1, -0.05) is 30.3 Å². The van der Waals surface area contributed by atoms with Crippen LogP contribution in [0, 0.1) is 6.92 Å². The molecule has 1 heterocycles. The minimum atomic E-state index is 0.0381. The Morgan fingerprint density at radius 2 is 2.04 bits per heavy atom. The fourth-order valence-electron chi connectivity index (χ4n) is 2.18. The fourth-order valence-corrected chi connectivity index (χ4v) is 2.58. The molecule has 0 bridgehead atoms. The van der Waals surface area contributed by atoms with Crippen molar-refractivity contribution >= 4 is 28.0 Å². The maximum absolute atomic E-state index is 6.01. The maximum Gasteiger partial charge on any atom is 0.228 e. The molecule has 0 spiro atoms. The summed E-state index contributed by atoms with van der Waals surface area (Å²) in [6.07, 6.45) is 2.70. The molecule has 0 amide bonds. The van der Waals surface area contributed by atoms with Crippen molar-refractivity contribution in [2.24, 2.45) is 4.99 Å². The minimum Gasteiger partial charge on any atom is -0.473 e. The zero-order chi connectivity index (χ0) is 17.5. The van der Waals surface area contributed by atoms with Crippen molar-refractivity contribution in [3.63, 3.8) is 0 Å². The number of aromatic nitrogens is 1. The van der Waals surface area contributed by atoms with Gasteiger partial charge in [0.05, 0.1) is 22.2 Å². The lowest BCUT2D eigenvalue weighted by Gasteiger charge is -2.16. The van der Waals surface area contributed by atoms with E-state index in [-0.39, 0.29) is 6.10 Å². The van der Waals surface area contributed by atoms with E-state index in [1.54, 1.807) is 0 Å². The predicted molar refractivity (Wildman–Crippen MR) is 103 cm³/mol. The lowest BCUT2D eigenvalue weighted by molar-refractivity contribution is 0.211. The summed E-state index contributed by atoms with van der Waals surface area (Å²) in [5.41, 5.74) is 2.94. The Morgan fingerprint density at radius 3 is 2.71 bits per heavy atom. The molecule has 0 saturated heterocycles. The normalized spacial score (nSPS) is 12.4. The van der Waals surface area contributed by atoms with Gasteiger partial charge in [0.15, 0.2) is 0 Å². The van der Waals surface area contributed by atoms with Crippen LogP contribution in [0.5, 0.6) is 5.88 Å². The molecule has 4 nitrogen and oxygen atoms in total. The summed E-state index contributed by atoms with van der Waals surface area (Å²) in [6.45, 7) is 6.99. The van der Waals surface area contributed by atoms with Gasteiger partial charge in [-0.2, -0.15) is 0 Å². The van der Waals surface area contributed by atoms with Crippen molar-refractivity contribution in [3.05, 3.63) is 52.1 Å². The number of pyridine rings is 1. The molecule has 1 aromatic carbocycles. The summed E-state index contributed by atoms with van der Waals surface area (Å²) in [6, 6.07) is 12.3. The summed E-state index contributed by atoms with van der Waals surface area (Å²) in [4.78, 5) is 11.0. The summed E-state index contributed by atoms with van der Waals surface area (Å²) in [7, 11) is 1.99. The fraction of sp³-hybridized carbons (Fsp3) is 0.368. The summed E-state index contributed by atoms with van der Waals surface area (Å²) in [5.74, 6) is 0.610. The van der Waals surface area contributed by atoms with Crippen LogP contribution >= 0.6 is 15.9 Å². The third kappa shape index (κ3) is 5.34. The van der Waals surface area contributed by atoms with E-state index in [0.29, 0.717) is 5.88 Å². The lowest BCUT2D eigenvalue weighted by Crippen LogP contribution is -2.16. The Kier molecular flexibility index (Phi) is 6.79. The van der Waals surface area contributed by atoms with E-state index < -0.39 is 0 Å². The maximum atomic E-state index is 6.01. The van der Waals surface area contributed by atoms with Gasteiger partial charge in [-0.3, -0.25) is 0 Å². The van der Waals surface area contributed by atoms with E-state index in [1.165, 1.54) is 5.56 Å². The van der Waals surface area contributed by atoms with Crippen LogP contribution in [0.25, 0.3) is 0 Å². The molecule has 0 aliphatic carbocycles. The predicted octanol–water partition coefficient (Wildman–Crippen LogP) is 4.77. The number of ether oxygens (including phenoxy) is 1. The van der Waals surface area contributed by atoms with E-state index in [1.807, 2.05) is 49.5 Å². The number of hydrogen-bond donors (Lipinski definition) is 0. The second-order valence-corrected chi connectivity index (χ2v) is 6.67. The van der Waals surface area contributed by atoms with Crippen molar-refractivity contribution < 1.29 is 4.74 Å². The Balaban J connectivity index is 2.08. The Bertz CT molecular complexity index is 689. The Labute approximate surface area is 152 Å². The zero-order valence-electron chi connectivity index (χ0n) is 14.7. The third-order valence-corrected chi connectivity index (χ3v) is 4.25. The number of benzene rings is 1. The Morgan fingerprint density at radius 1 is 1.33 bits per heavy atom. The topological polar surface area (TPSA) is 37.7 Å². The second-order valence-electron chi connectivity index (χ2n) is 5.82. The van der Waals surface area contributed by atoms with Gasteiger partial charge < -0.3 is 9.64 Å². The molecule has 2 aromatic rings. The van der Waals surface area contributed by atoms with Crippen LogP contribution in [0.1, 0.15) is 25.1 Å². The van der Waals surface area contributed by atoms with E-state index in [9.17, 15) is 0 Å². The van der Waals surface area contributed by atoms with E-state index in [4.69, 9.17) is 4.74 Å². The Hall–Kier alpha value is -1.88. The number of halogens is 1. The van der Waals surface area contributed by atoms with Crippen LogP contribution in [-0.2, 0) is 6.42 Å². The lowest BCUT2D eigenvalue weighted by atomic mass is 10.1. The number of aliphatic imine (C=N–C) groups is 1. The molecule has 0 aliphatic heterocycles. The highest BCUT2D eigenvalue weighted by Gasteiger charge is 2.12. The molecule has 128 valence electrons. The average Bonchev–Trinajstić information content (AvgIpc) is 2.57. The highest BCUT2D eigenvalue weighted by Crippen LogP contribution is 2.30. The van der Waals surface area contributed by atoms with Crippen molar-refractivity contribution in [2.75, 3.05) is 13.6 Å². The van der Waals surface area contributed by atoms with Crippen molar-refractivity contribution in [3.8, 4) is 5.88 Å². The van der Waals surface area contributed by atoms with E-state index in [2.05, 4.69) is 51.9 Å². The first-order chi connectivity index (χ1) is 11.5. The first-order valence-electron chi connectivity index (χ1n) is 8.11. The van der Waals surface area contributed by atoms with Crippen molar-refractivity contribution in [2.45, 2.75) is 33.3 Å². The van der Waals surface area contributed by atoms with Crippen LogP contribution < -0.4 is 4.74 Å². The molecule has 24 heavy (non-hydrogen) atoms. The third-order valence-electron chi connectivity index (χ3n) is 3.68. The molecule has 1 atom stereocenters. The van der Waals surface area contributed by atoms with Crippen LogP contribution in [0.4, 0.5) is 5.69 Å². The van der Waals surface area contributed by atoms with Gasteiger partial charge >= 0.3 is 0 Å². The number of nitrogens with zero attached hydrogens (tertiary/aromatic N) is 3. The highest BCUT2D eigenvalue weighted by molar-refractivity contribution is 9.10. The molecule has 0 unspecified atom stereocenters. The van der Waals surface area contributed by atoms with Gasteiger partial charge in [-0.15, -0.1) is 0 Å². The van der Waals surface area contributed by atoms with Gasteiger partial charge in [-0.05, 0) is 48.3 Å². The largest absolute Gasteiger partial charge is 0.473 e. The summed E-state index contributed by atoms with van der Waals surface area (Å²) in [5, 5.41) is 0. The SMILES string of the molecule is CCN(C)/C=N/c1cc(Br)c(O[C@H](C)Cc2ccccc2)nc1C. The monoisotopic (exact) mass is 389 g/mol. The van der Waals surface area contributed by atoms with Gasteiger partial charge in [0.1, 0.15) is 6.10 Å². The van der Waals surface area contributed by atoms with Gasteiger partial charge in [-0.25, -0.2) is 9.98 Å². The number of hydrogen-bond acceptors (Lipinski definition) is 3.